The van der Waals surface area contributed by atoms with Gasteiger partial charge in [0.1, 0.15) is 5.75 Å². The summed E-state index contributed by atoms with van der Waals surface area (Å²) in [6.45, 7) is 3.84. The molecule has 5 heteroatoms. The maximum absolute atomic E-state index is 11.9. The molecule has 0 radical (unpaired) electrons. The third-order valence-electron chi connectivity index (χ3n) is 2.65. The molecule has 0 heterocycles. The first kappa shape index (κ1) is 15.1. The van der Waals surface area contributed by atoms with Crippen LogP contribution in [0.5, 0.6) is 5.75 Å². The molecule has 1 N–H and O–H groups in total. The van der Waals surface area contributed by atoms with Crippen LogP contribution in [0, 0.1) is 13.8 Å². The van der Waals surface area contributed by atoms with Crippen molar-refractivity contribution in [3.8, 4) is 5.75 Å². The molecule has 2 aromatic carbocycles. The number of carbonyl (C=O) groups is 1. The van der Waals surface area contributed by atoms with Crippen LogP contribution in [-0.2, 0) is 0 Å². The van der Waals surface area contributed by atoms with Crippen molar-refractivity contribution in [1.29, 1.82) is 0 Å². The predicted octanol–water partition coefficient (Wildman–Crippen LogP) is 5.44. The number of amides is 1. The first-order valence-corrected chi connectivity index (χ1v) is 7.55. The van der Waals surface area contributed by atoms with E-state index in [1.165, 1.54) is 0 Å². The molecule has 0 unspecified atom stereocenters. The van der Waals surface area contributed by atoms with Gasteiger partial charge >= 0.3 is 6.09 Å². The van der Waals surface area contributed by atoms with E-state index in [4.69, 9.17) is 4.74 Å². The Morgan fingerprint density at radius 3 is 2.55 bits per heavy atom. The molecule has 0 fully saturated rings. The lowest BCUT2D eigenvalue weighted by Crippen LogP contribution is -2.17. The van der Waals surface area contributed by atoms with Crippen LogP contribution in [0.25, 0.3) is 0 Å². The van der Waals surface area contributed by atoms with Gasteiger partial charge in [-0.15, -0.1) is 0 Å². The molecular formula is C15H13Br2NO2. The molecule has 0 saturated carbocycles. The minimum absolute atomic E-state index is 0.512. The zero-order chi connectivity index (χ0) is 14.7. The number of benzene rings is 2. The standard InChI is InChI=1S/C15H13Br2NO2/c1-9-4-3-5-12(6-9)18-15(19)20-14-10(2)7-11(16)8-13(14)17/h3-8H,1-2H3,(H,18,19). The third-order valence-corrected chi connectivity index (χ3v) is 3.70. The van der Waals surface area contributed by atoms with Crippen molar-refractivity contribution < 1.29 is 9.53 Å². The molecular weight excluding hydrogens is 386 g/mol. The van der Waals surface area contributed by atoms with E-state index in [9.17, 15) is 4.79 Å². The van der Waals surface area contributed by atoms with Gasteiger partial charge in [0, 0.05) is 10.2 Å². The van der Waals surface area contributed by atoms with Gasteiger partial charge in [-0.1, -0.05) is 28.1 Å². The Bertz CT molecular complexity index is 633. The Labute approximate surface area is 134 Å². The van der Waals surface area contributed by atoms with Crippen LogP contribution in [0.2, 0.25) is 0 Å². The molecule has 0 aromatic heterocycles. The molecule has 0 atom stereocenters. The Morgan fingerprint density at radius 2 is 1.90 bits per heavy atom. The number of hydrogen-bond acceptors (Lipinski definition) is 2. The molecule has 104 valence electrons. The van der Waals surface area contributed by atoms with E-state index in [-0.39, 0.29) is 0 Å². The van der Waals surface area contributed by atoms with E-state index in [0.29, 0.717) is 11.4 Å². The Morgan fingerprint density at radius 1 is 1.15 bits per heavy atom. The summed E-state index contributed by atoms with van der Waals surface area (Å²) < 4.78 is 7.01. The second-order valence-corrected chi connectivity index (χ2v) is 6.19. The van der Waals surface area contributed by atoms with Gasteiger partial charge in [-0.3, -0.25) is 5.32 Å². The monoisotopic (exact) mass is 397 g/mol. The number of carbonyl (C=O) groups excluding carboxylic acids is 1. The summed E-state index contributed by atoms with van der Waals surface area (Å²) in [5.74, 6) is 0.512. The molecule has 3 nitrogen and oxygen atoms in total. The minimum Gasteiger partial charge on any atom is -0.409 e. The van der Waals surface area contributed by atoms with E-state index in [0.717, 1.165) is 20.1 Å². The van der Waals surface area contributed by atoms with E-state index in [2.05, 4.69) is 37.2 Å². The van der Waals surface area contributed by atoms with Crippen LogP contribution in [0.4, 0.5) is 10.5 Å². The van der Waals surface area contributed by atoms with Crippen LogP contribution < -0.4 is 10.1 Å². The Kier molecular flexibility index (Phi) is 4.83. The molecule has 20 heavy (non-hydrogen) atoms. The third kappa shape index (κ3) is 3.84. The molecule has 0 saturated heterocycles. The highest BCUT2D eigenvalue weighted by atomic mass is 79.9. The van der Waals surface area contributed by atoms with Crippen molar-refractivity contribution in [2.75, 3.05) is 5.32 Å². The van der Waals surface area contributed by atoms with Crippen LogP contribution in [0.3, 0.4) is 0 Å². The van der Waals surface area contributed by atoms with Gasteiger partial charge in [0.25, 0.3) is 0 Å². The van der Waals surface area contributed by atoms with Crippen LogP contribution in [0.1, 0.15) is 11.1 Å². The highest BCUT2D eigenvalue weighted by Gasteiger charge is 2.12. The maximum Gasteiger partial charge on any atom is 0.417 e. The lowest BCUT2D eigenvalue weighted by molar-refractivity contribution is 0.214. The topological polar surface area (TPSA) is 38.3 Å². The molecule has 0 spiro atoms. The van der Waals surface area contributed by atoms with Crippen LogP contribution in [0.15, 0.2) is 45.3 Å². The summed E-state index contributed by atoms with van der Waals surface area (Å²) in [6, 6.07) is 11.3. The molecule has 2 rings (SSSR count). The Hall–Kier alpha value is -1.33. The van der Waals surface area contributed by atoms with Gasteiger partial charge in [0.2, 0.25) is 0 Å². The second kappa shape index (κ2) is 6.41. The number of anilines is 1. The van der Waals surface area contributed by atoms with Crippen molar-refractivity contribution in [3.63, 3.8) is 0 Å². The normalized spacial score (nSPS) is 10.2. The predicted molar refractivity (Wildman–Crippen MR) is 87.4 cm³/mol. The van der Waals surface area contributed by atoms with Crippen molar-refractivity contribution in [2.45, 2.75) is 13.8 Å². The fourth-order valence-electron chi connectivity index (χ4n) is 1.78. The van der Waals surface area contributed by atoms with Gasteiger partial charge in [0.05, 0.1) is 4.47 Å². The van der Waals surface area contributed by atoms with Crippen LogP contribution in [-0.4, -0.2) is 6.09 Å². The Balaban J connectivity index is 2.13. The maximum atomic E-state index is 11.9. The highest BCUT2D eigenvalue weighted by molar-refractivity contribution is 9.11. The quantitative estimate of drug-likeness (QED) is 0.731. The molecule has 2 aromatic rings. The van der Waals surface area contributed by atoms with E-state index in [1.807, 2.05) is 50.2 Å². The lowest BCUT2D eigenvalue weighted by atomic mass is 10.2. The first-order valence-electron chi connectivity index (χ1n) is 5.97. The van der Waals surface area contributed by atoms with E-state index in [1.54, 1.807) is 0 Å². The average molecular weight is 399 g/mol. The summed E-state index contributed by atoms with van der Waals surface area (Å²) in [5, 5.41) is 2.71. The SMILES string of the molecule is Cc1cccc(NC(=O)Oc2c(C)cc(Br)cc2Br)c1. The van der Waals surface area contributed by atoms with Crippen molar-refractivity contribution in [3.05, 3.63) is 56.5 Å². The smallest absolute Gasteiger partial charge is 0.409 e. The number of rotatable bonds is 2. The fourth-order valence-corrected chi connectivity index (χ4v) is 3.30. The summed E-state index contributed by atoms with van der Waals surface area (Å²) in [5.41, 5.74) is 2.65. The second-order valence-electron chi connectivity index (χ2n) is 4.42. The first-order chi connectivity index (χ1) is 9.45. The van der Waals surface area contributed by atoms with Gasteiger partial charge in [-0.2, -0.15) is 0 Å². The molecule has 0 bridgehead atoms. The van der Waals surface area contributed by atoms with Gasteiger partial charge in [-0.25, -0.2) is 4.79 Å². The zero-order valence-electron chi connectivity index (χ0n) is 11.0. The zero-order valence-corrected chi connectivity index (χ0v) is 14.2. The fraction of sp³-hybridized carbons (Fsp3) is 0.133. The number of aryl methyl sites for hydroxylation is 2. The summed E-state index contributed by atoms with van der Waals surface area (Å²) in [7, 11) is 0. The van der Waals surface area contributed by atoms with E-state index < -0.39 is 6.09 Å². The molecule has 0 aliphatic carbocycles. The van der Waals surface area contributed by atoms with Gasteiger partial charge in [0.15, 0.2) is 0 Å². The molecule has 0 aliphatic heterocycles. The summed E-state index contributed by atoms with van der Waals surface area (Å²) in [6.07, 6.45) is -0.512. The van der Waals surface area contributed by atoms with E-state index >= 15 is 0 Å². The average Bonchev–Trinajstić information content (AvgIpc) is 2.33. The lowest BCUT2D eigenvalue weighted by Gasteiger charge is -2.11. The van der Waals surface area contributed by atoms with Gasteiger partial charge in [-0.05, 0) is 65.2 Å². The molecule has 0 aliphatic rings. The minimum atomic E-state index is -0.512. The summed E-state index contributed by atoms with van der Waals surface area (Å²) >= 11 is 6.78. The number of ether oxygens (including phenoxy) is 1. The number of hydrogen-bond donors (Lipinski definition) is 1. The van der Waals surface area contributed by atoms with Crippen molar-refractivity contribution in [1.82, 2.24) is 0 Å². The van der Waals surface area contributed by atoms with Crippen LogP contribution >= 0.6 is 31.9 Å². The number of halogens is 2. The summed E-state index contributed by atoms with van der Waals surface area (Å²) in [4.78, 5) is 11.9. The largest absolute Gasteiger partial charge is 0.417 e. The molecule has 1 amide bonds. The highest BCUT2D eigenvalue weighted by Crippen LogP contribution is 2.32. The number of nitrogens with one attached hydrogen (secondary N) is 1. The van der Waals surface area contributed by atoms with Crippen molar-refractivity contribution >= 4 is 43.6 Å². The van der Waals surface area contributed by atoms with Crippen molar-refractivity contribution in [2.24, 2.45) is 0 Å². The van der Waals surface area contributed by atoms with Gasteiger partial charge < -0.3 is 4.74 Å².